The molecule has 0 saturated heterocycles. The molecule has 0 spiro atoms. The Labute approximate surface area is 122 Å². The minimum Gasteiger partial charge on any atom is -0.507 e. The second kappa shape index (κ2) is 6.08. The standard InChI is InChI=1S/C13H10BrNO3S/c14-13-9(4-3-5-10(13)15(17)18)8-19-12-7-2-1-6-11(12)16/h1-7,16H,8H2. The summed E-state index contributed by atoms with van der Waals surface area (Å²) in [5.41, 5.74) is 0.873. The predicted octanol–water partition coefficient (Wildman–Crippen LogP) is 4.36. The SMILES string of the molecule is O=[N+]([O-])c1cccc(CSc2ccccc2O)c1Br. The van der Waals surface area contributed by atoms with E-state index < -0.39 is 4.92 Å². The molecule has 0 bridgehead atoms. The zero-order chi connectivity index (χ0) is 13.8. The highest BCUT2D eigenvalue weighted by Crippen LogP contribution is 2.35. The fourth-order valence-corrected chi connectivity index (χ4v) is 3.23. The lowest BCUT2D eigenvalue weighted by atomic mass is 10.2. The first-order valence-electron chi connectivity index (χ1n) is 5.42. The van der Waals surface area contributed by atoms with Crippen molar-refractivity contribution in [1.82, 2.24) is 0 Å². The number of nitro groups is 1. The van der Waals surface area contributed by atoms with Crippen molar-refractivity contribution in [1.29, 1.82) is 0 Å². The number of rotatable bonds is 4. The van der Waals surface area contributed by atoms with E-state index in [4.69, 9.17) is 0 Å². The van der Waals surface area contributed by atoms with Gasteiger partial charge >= 0.3 is 0 Å². The normalized spacial score (nSPS) is 10.4. The summed E-state index contributed by atoms with van der Waals surface area (Å²) in [5, 5.41) is 20.5. The Hall–Kier alpha value is -1.53. The third kappa shape index (κ3) is 3.27. The van der Waals surface area contributed by atoms with Gasteiger partial charge in [-0.15, -0.1) is 11.8 Å². The highest BCUT2D eigenvalue weighted by atomic mass is 79.9. The summed E-state index contributed by atoms with van der Waals surface area (Å²) in [6, 6.07) is 12.0. The summed E-state index contributed by atoms with van der Waals surface area (Å²) in [6.07, 6.45) is 0. The van der Waals surface area contributed by atoms with Crippen LogP contribution in [0.3, 0.4) is 0 Å². The second-order valence-electron chi connectivity index (χ2n) is 3.76. The van der Waals surface area contributed by atoms with Crippen LogP contribution < -0.4 is 0 Å². The highest BCUT2D eigenvalue weighted by molar-refractivity contribution is 9.10. The maximum absolute atomic E-state index is 10.8. The van der Waals surface area contributed by atoms with Gasteiger partial charge < -0.3 is 5.11 Å². The lowest BCUT2D eigenvalue weighted by Gasteiger charge is -2.06. The van der Waals surface area contributed by atoms with Gasteiger partial charge in [0, 0.05) is 16.7 Å². The van der Waals surface area contributed by atoms with Crippen LogP contribution in [-0.4, -0.2) is 10.0 Å². The smallest absolute Gasteiger partial charge is 0.283 e. The average Bonchev–Trinajstić information content (AvgIpc) is 2.39. The molecule has 0 radical (unpaired) electrons. The number of nitrogens with zero attached hydrogens (tertiary/aromatic N) is 1. The third-order valence-electron chi connectivity index (χ3n) is 2.50. The number of thioether (sulfide) groups is 1. The largest absolute Gasteiger partial charge is 0.507 e. The van der Waals surface area contributed by atoms with Crippen LogP contribution in [0.1, 0.15) is 5.56 Å². The van der Waals surface area contributed by atoms with E-state index in [0.29, 0.717) is 10.2 Å². The van der Waals surface area contributed by atoms with Gasteiger partial charge in [0.25, 0.3) is 5.69 Å². The summed E-state index contributed by atoms with van der Waals surface area (Å²) >= 11 is 4.69. The monoisotopic (exact) mass is 339 g/mol. The van der Waals surface area contributed by atoms with E-state index in [1.807, 2.05) is 18.2 Å². The number of halogens is 1. The number of hydrogen-bond donors (Lipinski definition) is 1. The van der Waals surface area contributed by atoms with Crippen molar-refractivity contribution in [2.75, 3.05) is 0 Å². The fourth-order valence-electron chi connectivity index (χ4n) is 1.55. The van der Waals surface area contributed by atoms with Crippen LogP contribution in [0.15, 0.2) is 51.8 Å². The van der Waals surface area contributed by atoms with E-state index in [2.05, 4.69) is 15.9 Å². The minimum atomic E-state index is -0.418. The molecule has 2 aromatic rings. The van der Waals surface area contributed by atoms with Crippen molar-refractivity contribution < 1.29 is 10.0 Å². The van der Waals surface area contributed by atoms with Crippen LogP contribution in [0, 0.1) is 10.1 Å². The van der Waals surface area contributed by atoms with Gasteiger partial charge in [0.15, 0.2) is 0 Å². The highest BCUT2D eigenvalue weighted by Gasteiger charge is 2.15. The molecule has 19 heavy (non-hydrogen) atoms. The van der Waals surface area contributed by atoms with Gasteiger partial charge in [0.05, 0.1) is 9.40 Å². The number of phenols is 1. The molecule has 2 rings (SSSR count). The molecule has 2 aromatic carbocycles. The molecule has 0 saturated carbocycles. The van der Waals surface area contributed by atoms with Gasteiger partial charge in [0.1, 0.15) is 5.75 Å². The maximum atomic E-state index is 10.8. The van der Waals surface area contributed by atoms with Crippen LogP contribution in [0.2, 0.25) is 0 Å². The van der Waals surface area contributed by atoms with Crippen molar-refractivity contribution in [2.24, 2.45) is 0 Å². The lowest BCUT2D eigenvalue weighted by molar-refractivity contribution is -0.385. The van der Waals surface area contributed by atoms with Gasteiger partial charge in [-0.25, -0.2) is 0 Å². The number of para-hydroxylation sites is 1. The first kappa shape index (κ1) is 13.9. The molecule has 0 aliphatic rings. The molecule has 0 aliphatic carbocycles. The quantitative estimate of drug-likeness (QED) is 0.510. The molecule has 0 aromatic heterocycles. The molecule has 0 fully saturated rings. The Balaban J connectivity index is 2.19. The van der Waals surface area contributed by atoms with Crippen molar-refractivity contribution in [3.63, 3.8) is 0 Å². The second-order valence-corrected chi connectivity index (χ2v) is 5.57. The zero-order valence-corrected chi connectivity index (χ0v) is 12.1. The summed E-state index contributed by atoms with van der Waals surface area (Å²) in [4.78, 5) is 11.2. The van der Waals surface area contributed by atoms with Gasteiger partial charge in [-0.05, 0) is 33.6 Å². The van der Waals surface area contributed by atoms with Gasteiger partial charge in [-0.2, -0.15) is 0 Å². The topological polar surface area (TPSA) is 63.4 Å². The van der Waals surface area contributed by atoms with Crippen molar-refractivity contribution in [3.8, 4) is 5.75 Å². The van der Waals surface area contributed by atoms with E-state index in [9.17, 15) is 15.2 Å². The molecule has 0 aliphatic heterocycles. The van der Waals surface area contributed by atoms with Gasteiger partial charge in [-0.1, -0.05) is 24.3 Å². The third-order valence-corrected chi connectivity index (χ3v) is 4.53. The minimum absolute atomic E-state index is 0.0513. The van der Waals surface area contributed by atoms with Crippen LogP contribution in [0.4, 0.5) is 5.69 Å². The number of benzene rings is 2. The van der Waals surface area contributed by atoms with Crippen molar-refractivity contribution in [2.45, 2.75) is 10.6 Å². The van der Waals surface area contributed by atoms with Crippen LogP contribution in [0.5, 0.6) is 5.75 Å². The Morgan fingerprint density at radius 1 is 1.21 bits per heavy atom. The van der Waals surface area contributed by atoms with Crippen molar-refractivity contribution in [3.05, 3.63) is 62.6 Å². The van der Waals surface area contributed by atoms with Crippen LogP contribution in [0.25, 0.3) is 0 Å². The molecular weight excluding hydrogens is 330 g/mol. The molecule has 1 N–H and O–H groups in total. The molecule has 0 heterocycles. The summed E-state index contributed by atoms with van der Waals surface area (Å²) in [5.74, 6) is 0.758. The summed E-state index contributed by atoms with van der Waals surface area (Å²) in [7, 11) is 0. The van der Waals surface area contributed by atoms with E-state index in [0.717, 1.165) is 10.5 Å². The molecule has 0 atom stereocenters. The lowest BCUT2D eigenvalue weighted by Crippen LogP contribution is -1.92. The van der Waals surface area contributed by atoms with Crippen LogP contribution in [-0.2, 0) is 5.75 Å². The molecule has 4 nitrogen and oxygen atoms in total. The molecule has 0 amide bonds. The summed E-state index contributed by atoms with van der Waals surface area (Å²) < 4.78 is 0.489. The first-order chi connectivity index (χ1) is 9.09. The molecule has 98 valence electrons. The Morgan fingerprint density at radius 3 is 2.63 bits per heavy atom. The first-order valence-corrected chi connectivity index (χ1v) is 7.20. The molecular formula is C13H10BrNO3S. The predicted molar refractivity (Wildman–Crippen MR) is 78.5 cm³/mol. The molecule has 0 unspecified atom stereocenters. The Kier molecular flexibility index (Phi) is 4.44. The Morgan fingerprint density at radius 2 is 1.95 bits per heavy atom. The number of nitro benzene ring substituents is 1. The number of phenolic OH excluding ortho intramolecular Hbond substituents is 1. The van der Waals surface area contributed by atoms with E-state index in [1.54, 1.807) is 18.2 Å². The molecule has 6 heteroatoms. The average molecular weight is 340 g/mol. The van der Waals surface area contributed by atoms with E-state index in [-0.39, 0.29) is 11.4 Å². The van der Waals surface area contributed by atoms with Gasteiger partial charge in [-0.3, -0.25) is 10.1 Å². The zero-order valence-electron chi connectivity index (χ0n) is 9.75. The van der Waals surface area contributed by atoms with Crippen LogP contribution >= 0.6 is 27.7 Å². The van der Waals surface area contributed by atoms with E-state index >= 15 is 0 Å². The van der Waals surface area contributed by atoms with Gasteiger partial charge in [0.2, 0.25) is 0 Å². The number of aromatic hydroxyl groups is 1. The maximum Gasteiger partial charge on any atom is 0.283 e. The Bertz CT molecular complexity index is 619. The fraction of sp³-hybridized carbons (Fsp3) is 0.0769. The van der Waals surface area contributed by atoms with Crippen molar-refractivity contribution >= 4 is 33.4 Å². The summed E-state index contributed by atoms with van der Waals surface area (Å²) in [6.45, 7) is 0. The number of hydrogen-bond acceptors (Lipinski definition) is 4. The van der Waals surface area contributed by atoms with E-state index in [1.165, 1.54) is 17.8 Å².